The molecule has 1 aromatic rings. The van der Waals surface area contributed by atoms with Crippen LogP contribution in [-0.4, -0.2) is 11.7 Å². The van der Waals surface area contributed by atoms with Crippen molar-refractivity contribution in [3.8, 4) is 5.75 Å². The van der Waals surface area contributed by atoms with Crippen molar-refractivity contribution in [1.29, 1.82) is 0 Å². The summed E-state index contributed by atoms with van der Waals surface area (Å²) in [5.41, 5.74) is 1.16. The molecule has 0 aliphatic heterocycles. The van der Waals surface area contributed by atoms with Crippen LogP contribution < -0.4 is 5.32 Å². The lowest BCUT2D eigenvalue weighted by molar-refractivity contribution is 0.471. The Balaban J connectivity index is 1.87. The van der Waals surface area contributed by atoms with Crippen LogP contribution in [-0.2, 0) is 0 Å². The van der Waals surface area contributed by atoms with Crippen molar-refractivity contribution in [2.75, 3.05) is 6.54 Å². The van der Waals surface area contributed by atoms with Crippen LogP contribution in [0.1, 0.15) is 31.9 Å². The van der Waals surface area contributed by atoms with Crippen molar-refractivity contribution in [3.05, 3.63) is 29.8 Å². The molecule has 1 saturated carbocycles. The molecule has 0 aromatic heterocycles. The van der Waals surface area contributed by atoms with Crippen molar-refractivity contribution < 1.29 is 5.11 Å². The van der Waals surface area contributed by atoms with Gasteiger partial charge in [-0.15, -0.1) is 0 Å². The Hall–Kier alpha value is -1.02. The fourth-order valence-electron chi connectivity index (χ4n) is 1.92. The molecule has 0 heterocycles. The predicted octanol–water partition coefficient (Wildman–Crippen LogP) is 2.70. The standard InChI is InChI=1S/C13H19NO/c1-9-6-12(9)8-14-10(2)11-4-3-5-13(15)7-11/h3-5,7,9-10,12,14-15H,6,8H2,1-2H3. The van der Waals surface area contributed by atoms with Crippen molar-refractivity contribution >= 4 is 0 Å². The van der Waals surface area contributed by atoms with Gasteiger partial charge in [0, 0.05) is 6.04 Å². The number of hydrogen-bond acceptors (Lipinski definition) is 2. The number of nitrogens with one attached hydrogen (secondary N) is 1. The minimum Gasteiger partial charge on any atom is -0.508 e. The maximum atomic E-state index is 9.37. The maximum absolute atomic E-state index is 9.37. The fraction of sp³-hybridized carbons (Fsp3) is 0.538. The number of rotatable bonds is 4. The summed E-state index contributed by atoms with van der Waals surface area (Å²) in [6.07, 6.45) is 1.36. The van der Waals surface area contributed by atoms with Crippen LogP contribution in [0.4, 0.5) is 0 Å². The number of phenolic OH excluding ortho intramolecular Hbond substituents is 1. The molecule has 0 spiro atoms. The van der Waals surface area contributed by atoms with Gasteiger partial charge in [0.2, 0.25) is 0 Å². The molecule has 1 fully saturated rings. The Morgan fingerprint density at radius 1 is 1.53 bits per heavy atom. The van der Waals surface area contributed by atoms with E-state index in [1.165, 1.54) is 6.42 Å². The van der Waals surface area contributed by atoms with Gasteiger partial charge in [-0.3, -0.25) is 0 Å². The SMILES string of the molecule is CC(NCC1CC1C)c1cccc(O)c1. The van der Waals surface area contributed by atoms with Gasteiger partial charge in [0.05, 0.1) is 0 Å². The molecular weight excluding hydrogens is 186 g/mol. The summed E-state index contributed by atoms with van der Waals surface area (Å²) in [6, 6.07) is 7.80. The summed E-state index contributed by atoms with van der Waals surface area (Å²) < 4.78 is 0. The van der Waals surface area contributed by atoms with E-state index in [2.05, 4.69) is 19.2 Å². The van der Waals surface area contributed by atoms with Gasteiger partial charge in [-0.25, -0.2) is 0 Å². The largest absolute Gasteiger partial charge is 0.508 e. The average molecular weight is 205 g/mol. The Morgan fingerprint density at radius 3 is 2.87 bits per heavy atom. The smallest absolute Gasteiger partial charge is 0.115 e. The first-order valence-electron chi connectivity index (χ1n) is 5.69. The third-order valence-electron chi connectivity index (χ3n) is 3.33. The Kier molecular flexibility index (Phi) is 2.96. The average Bonchev–Trinajstić information content (AvgIpc) is 2.91. The van der Waals surface area contributed by atoms with E-state index < -0.39 is 0 Å². The minimum atomic E-state index is 0.324. The Morgan fingerprint density at radius 2 is 2.27 bits per heavy atom. The van der Waals surface area contributed by atoms with Crippen LogP contribution in [0.15, 0.2) is 24.3 Å². The first kappa shape index (κ1) is 10.5. The summed E-state index contributed by atoms with van der Waals surface area (Å²) >= 11 is 0. The number of hydrogen-bond donors (Lipinski definition) is 2. The third-order valence-corrected chi connectivity index (χ3v) is 3.33. The van der Waals surface area contributed by atoms with Crippen LogP contribution >= 0.6 is 0 Å². The van der Waals surface area contributed by atoms with Gasteiger partial charge in [0.25, 0.3) is 0 Å². The zero-order valence-corrected chi connectivity index (χ0v) is 9.40. The van der Waals surface area contributed by atoms with Crippen LogP contribution in [0, 0.1) is 11.8 Å². The van der Waals surface area contributed by atoms with Crippen molar-refractivity contribution in [2.45, 2.75) is 26.3 Å². The highest BCUT2D eigenvalue weighted by Crippen LogP contribution is 2.37. The van der Waals surface area contributed by atoms with Crippen LogP contribution in [0.2, 0.25) is 0 Å². The van der Waals surface area contributed by atoms with Gasteiger partial charge >= 0.3 is 0 Å². The molecule has 1 aliphatic rings. The molecule has 15 heavy (non-hydrogen) atoms. The molecular formula is C13H19NO. The second kappa shape index (κ2) is 4.23. The Bertz CT molecular complexity index is 337. The van der Waals surface area contributed by atoms with E-state index in [0.717, 1.165) is 23.9 Å². The van der Waals surface area contributed by atoms with Gasteiger partial charge < -0.3 is 10.4 Å². The fourth-order valence-corrected chi connectivity index (χ4v) is 1.92. The van der Waals surface area contributed by atoms with E-state index in [4.69, 9.17) is 0 Å². The summed E-state index contributed by atoms with van der Waals surface area (Å²) in [5, 5.41) is 12.9. The van der Waals surface area contributed by atoms with Crippen molar-refractivity contribution in [1.82, 2.24) is 5.32 Å². The van der Waals surface area contributed by atoms with Gasteiger partial charge in [-0.1, -0.05) is 19.1 Å². The van der Waals surface area contributed by atoms with Gasteiger partial charge in [0.15, 0.2) is 0 Å². The molecule has 2 heteroatoms. The van der Waals surface area contributed by atoms with Gasteiger partial charge in [-0.05, 0) is 49.4 Å². The normalized spacial score (nSPS) is 26.3. The quantitative estimate of drug-likeness (QED) is 0.792. The van der Waals surface area contributed by atoms with Crippen LogP contribution in [0.3, 0.4) is 0 Å². The number of aromatic hydroxyl groups is 1. The van der Waals surface area contributed by atoms with Crippen LogP contribution in [0.5, 0.6) is 5.75 Å². The third kappa shape index (κ3) is 2.72. The monoisotopic (exact) mass is 205 g/mol. The maximum Gasteiger partial charge on any atom is 0.115 e. The van der Waals surface area contributed by atoms with E-state index in [1.54, 1.807) is 6.07 Å². The molecule has 82 valence electrons. The topological polar surface area (TPSA) is 32.3 Å². The summed E-state index contributed by atoms with van der Waals surface area (Å²) in [7, 11) is 0. The molecule has 2 nitrogen and oxygen atoms in total. The first-order chi connectivity index (χ1) is 7.16. The summed E-state index contributed by atoms with van der Waals surface area (Å²) in [5.74, 6) is 2.11. The van der Waals surface area contributed by atoms with E-state index in [0.29, 0.717) is 11.8 Å². The summed E-state index contributed by atoms with van der Waals surface area (Å²) in [6.45, 7) is 5.53. The molecule has 0 radical (unpaired) electrons. The first-order valence-corrected chi connectivity index (χ1v) is 5.69. The van der Waals surface area contributed by atoms with E-state index in [9.17, 15) is 5.11 Å². The minimum absolute atomic E-state index is 0.324. The molecule has 0 amide bonds. The molecule has 0 bridgehead atoms. The van der Waals surface area contributed by atoms with Crippen LogP contribution in [0.25, 0.3) is 0 Å². The lowest BCUT2D eigenvalue weighted by Crippen LogP contribution is -2.21. The Labute approximate surface area is 91.3 Å². The predicted molar refractivity (Wildman–Crippen MR) is 61.8 cm³/mol. The lowest BCUT2D eigenvalue weighted by atomic mass is 10.1. The second-order valence-electron chi connectivity index (χ2n) is 4.70. The van der Waals surface area contributed by atoms with Crippen molar-refractivity contribution in [2.24, 2.45) is 11.8 Å². The molecule has 3 unspecified atom stereocenters. The molecule has 0 saturated heterocycles. The zero-order chi connectivity index (χ0) is 10.8. The summed E-state index contributed by atoms with van der Waals surface area (Å²) in [4.78, 5) is 0. The molecule has 2 N–H and O–H groups in total. The van der Waals surface area contributed by atoms with E-state index >= 15 is 0 Å². The highest BCUT2D eigenvalue weighted by molar-refractivity contribution is 5.29. The molecule has 1 aliphatic carbocycles. The number of benzene rings is 1. The molecule has 3 atom stereocenters. The molecule has 2 rings (SSSR count). The molecule has 1 aromatic carbocycles. The van der Waals surface area contributed by atoms with Crippen molar-refractivity contribution in [3.63, 3.8) is 0 Å². The second-order valence-corrected chi connectivity index (χ2v) is 4.70. The number of phenols is 1. The van der Waals surface area contributed by atoms with Gasteiger partial charge in [0.1, 0.15) is 5.75 Å². The highest BCUT2D eigenvalue weighted by Gasteiger charge is 2.32. The zero-order valence-electron chi connectivity index (χ0n) is 9.40. The van der Waals surface area contributed by atoms with Gasteiger partial charge in [-0.2, -0.15) is 0 Å². The highest BCUT2D eigenvalue weighted by atomic mass is 16.3. The van der Waals surface area contributed by atoms with E-state index in [-0.39, 0.29) is 0 Å². The lowest BCUT2D eigenvalue weighted by Gasteiger charge is -2.14. The van der Waals surface area contributed by atoms with E-state index in [1.807, 2.05) is 18.2 Å².